The Morgan fingerprint density at radius 1 is 1.44 bits per heavy atom. The van der Waals surface area contributed by atoms with Gasteiger partial charge in [-0.15, -0.1) is 11.3 Å². The molecule has 0 spiro atoms. The number of aromatic nitrogens is 4. The molecule has 0 aliphatic rings. The molecule has 0 saturated carbocycles. The lowest BCUT2D eigenvalue weighted by atomic mass is 10.4. The fraction of sp³-hybridized carbons (Fsp3) is 0.0909. The van der Waals surface area contributed by atoms with Crippen molar-refractivity contribution >= 4 is 33.2 Å². The van der Waals surface area contributed by atoms with Gasteiger partial charge < -0.3 is 4.57 Å². The molecular weight excluding hydrogens is 270 g/mol. The van der Waals surface area contributed by atoms with Crippen LogP contribution in [0.1, 0.15) is 11.6 Å². The number of nitriles is 1. The first-order valence-electron chi connectivity index (χ1n) is 5.09. The molecule has 0 fully saturated rings. The molecule has 0 bridgehead atoms. The third kappa shape index (κ3) is 1.83. The molecule has 0 atom stereocenters. The van der Waals surface area contributed by atoms with Gasteiger partial charge in [-0.25, -0.2) is 15.0 Å². The molecule has 0 aromatic carbocycles. The summed E-state index contributed by atoms with van der Waals surface area (Å²) in [5.41, 5.74) is 0. The van der Waals surface area contributed by atoms with E-state index in [2.05, 4.69) is 15.0 Å². The first-order valence-corrected chi connectivity index (χ1v) is 6.34. The fourth-order valence-corrected chi connectivity index (χ4v) is 2.72. The second-order valence-corrected chi connectivity index (χ2v) is 4.81. The summed E-state index contributed by atoms with van der Waals surface area (Å²) in [4.78, 5) is 13.4. The average molecular weight is 276 g/mol. The third-order valence-electron chi connectivity index (χ3n) is 2.45. The van der Waals surface area contributed by atoms with Gasteiger partial charge in [0, 0.05) is 17.8 Å². The highest BCUT2D eigenvalue weighted by Crippen LogP contribution is 2.24. The summed E-state index contributed by atoms with van der Waals surface area (Å²) in [6, 6.07) is 3.90. The molecule has 7 heteroatoms. The van der Waals surface area contributed by atoms with Crippen LogP contribution in [0.5, 0.6) is 0 Å². The van der Waals surface area contributed by atoms with Crippen LogP contribution >= 0.6 is 22.9 Å². The van der Waals surface area contributed by atoms with Crippen molar-refractivity contribution in [2.75, 3.05) is 0 Å². The zero-order valence-corrected chi connectivity index (χ0v) is 10.6. The Bertz CT molecular complexity index is 754. The molecule has 0 aliphatic carbocycles. The van der Waals surface area contributed by atoms with Crippen LogP contribution in [0.4, 0.5) is 0 Å². The van der Waals surface area contributed by atoms with Crippen molar-refractivity contribution in [1.29, 1.82) is 5.26 Å². The van der Waals surface area contributed by atoms with Crippen LogP contribution in [-0.4, -0.2) is 19.5 Å². The van der Waals surface area contributed by atoms with Gasteiger partial charge in [0.05, 0.1) is 6.54 Å². The number of rotatable bonds is 2. The second-order valence-electron chi connectivity index (χ2n) is 3.56. The highest BCUT2D eigenvalue weighted by molar-refractivity contribution is 7.16. The molecule has 3 aromatic heterocycles. The van der Waals surface area contributed by atoms with E-state index in [4.69, 9.17) is 16.9 Å². The minimum Gasteiger partial charge on any atom is -0.315 e. The van der Waals surface area contributed by atoms with E-state index >= 15 is 0 Å². The Kier molecular flexibility index (Phi) is 2.70. The summed E-state index contributed by atoms with van der Waals surface area (Å²) < 4.78 is 1.69. The zero-order chi connectivity index (χ0) is 12.5. The van der Waals surface area contributed by atoms with Gasteiger partial charge in [0.2, 0.25) is 5.82 Å². The van der Waals surface area contributed by atoms with Gasteiger partial charge in [0.1, 0.15) is 16.1 Å². The van der Waals surface area contributed by atoms with Gasteiger partial charge in [0.15, 0.2) is 5.82 Å². The summed E-state index contributed by atoms with van der Waals surface area (Å²) in [5.74, 6) is 0.908. The smallest absolute Gasteiger partial charge is 0.213 e. The van der Waals surface area contributed by atoms with Crippen molar-refractivity contribution in [1.82, 2.24) is 19.5 Å². The van der Waals surface area contributed by atoms with E-state index in [1.165, 1.54) is 11.3 Å². The maximum absolute atomic E-state index is 8.88. The summed E-state index contributed by atoms with van der Waals surface area (Å²) in [5, 5.41) is 12.1. The summed E-state index contributed by atoms with van der Waals surface area (Å²) in [6.07, 6.45) is 3.29. The second kappa shape index (κ2) is 4.37. The van der Waals surface area contributed by atoms with Crippen LogP contribution in [0, 0.1) is 11.3 Å². The Morgan fingerprint density at radius 2 is 2.33 bits per heavy atom. The summed E-state index contributed by atoms with van der Waals surface area (Å²) >= 11 is 7.60. The van der Waals surface area contributed by atoms with Crippen LogP contribution in [0.15, 0.2) is 23.8 Å². The SMILES string of the molecule is N#Cc1nccn1Cc1nc(Cl)c2ccsc2n1. The lowest BCUT2D eigenvalue weighted by molar-refractivity contribution is 0.738. The highest BCUT2D eigenvalue weighted by Gasteiger charge is 2.09. The largest absolute Gasteiger partial charge is 0.315 e. The van der Waals surface area contributed by atoms with Gasteiger partial charge >= 0.3 is 0 Å². The number of fused-ring (bicyclic) bond motifs is 1. The normalized spacial score (nSPS) is 10.7. The predicted octanol–water partition coefficient (Wildman–Crippen LogP) is 2.46. The standard InChI is InChI=1S/C11H6ClN5S/c12-10-7-1-4-18-11(7)16-8(15-10)6-17-3-2-14-9(17)5-13/h1-4H,6H2. The molecule has 3 aromatic rings. The minimum atomic E-state index is 0.334. The molecule has 0 radical (unpaired) electrons. The van der Waals surface area contributed by atoms with Crippen molar-refractivity contribution in [2.45, 2.75) is 6.54 Å². The fourth-order valence-electron chi connectivity index (χ4n) is 1.63. The number of hydrogen-bond donors (Lipinski definition) is 0. The Hall–Kier alpha value is -1.97. The van der Waals surface area contributed by atoms with E-state index < -0.39 is 0 Å². The van der Waals surface area contributed by atoms with E-state index in [0.717, 1.165) is 10.2 Å². The first-order chi connectivity index (χ1) is 8.78. The van der Waals surface area contributed by atoms with Gasteiger partial charge in [0.25, 0.3) is 0 Å². The molecule has 0 saturated heterocycles. The van der Waals surface area contributed by atoms with Crippen molar-refractivity contribution in [2.24, 2.45) is 0 Å². The van der Waals surface area contributed by atoms with Crippen LogP contribution in [0.3, 0.4) is 0 Å². The van der Waals surface area contributed by atoms with E-state index in [1.807, 2.05) is 17.5 Å². The Labute approximate surface area is 111 Å². The van der Waals surface area contributed by atoms with Crippen molar-refractivity contribution in [3.8, 4) is 6.07 Å². The van der Waals surface area contributed by atoms with Crippen molar-refractivity contribution < 1.29 is 0 Å². The third-order valence-corrected chi connectivity index (χ3v) is 3.55. The van der Waals surface area contributed by atoms with E-state index in [-0.39, 0.29) is 0 Å². The topological polar surface area (TPSA) is 67.4 Å². The first kappa shape index (κ1) is 11.1. The lowest BCUT2D eigenvalue weighted by Gasteiger charge is -2.03. The number of nitrogens with zero attached hydrogens (tertiary/aromatic N) is 5. The number of halogens is 1. The molecule has 0 unspecified atom stereocenters. The van der Waals surface area contributed by atoms with Crippen LogP contribution in [-0.2, 0) is 6.54 Å². The van der Waals surface area contributed by atoms with Gasteiger partial charge in [-0.3, -0.25) is 0 Å². The maximum atomic E-state index is 8.88. The number of thiophene rings is 1. The quantitative estimate of drug-likeness (QED) is 0.674. The highest BCUT2D eigenvalue weighted by atomic mass is 35.5. The molecule has 0 amide bonds. The summed E-state index contributed by atoms with van der Waals surface area (Å²) in [6.45, 7) is 0.385. The predicted molar refractivity (Wildman–Crippen MR) is 68.5 cm³/mol. The van der Waals surface area contributed by atoms with Gasteiger partial charge in [-0.05, 0) is 11.4 Å². The molecule has 0 N–H and O–H groups in total. The molecule has 0 aliphatic heterocycles. The minimum absolute atomic E-state index is 0.334. The van der Waals surface area contributed by atoms with E-state index in [1.54, 1.807) is 17.0 Å². The molecule has 3 rings (SSSR count). The Balaban J connectivity index is 2.03. The Morgan fingerprint density at radius 3 is 3.17 bits per heavy atom. The molecular formula is C11H6ClN5S. The van der Waals surface area contributed by atoms with Crippen LogP contribution in [0.25, 0.3) is 10.2 Å². The number of hydrogen-bond acceptors (Lipinski definition) is 5. The lowest BCUT2D eigenvalue weighted by Crippen LogP contribution is -2.05. The van der Waals surface area contributed by atoms with Crippen molar-refractivity contribution in [3.63, 3.8) is 0 Å². The molecule has 5 nitrogen and oxygen atoms in total. The summed E-state index contributed by atoms with van der Waals surface area (Å²) in [7, 11) is 0. The van der Waals surface area contributed by atoms with E-state index in [0.29, 0.717) is 23.3 Å². The molecule has 3 heterocycles. The monoisotopic (exact) mass is 275 g/mol. The molecule has 18 heavy (non-hydrogen) atoms. The van der Waals surface area contributed by atoms with Gasteiger partial charge in [-0.1, -0.05) is 11.6 Å². The van der Waals surface area contributed by atoms with E-state index in [9.17, 15) is 0 Å². The van der Waals surface area contributed by atoms with Crippen LogP contribution < -0.4 is 0 Å². The average Bonchev–Trinajstić information content (AvgIpc) is 2.97. The van der Waals surface area contributed by atoms with Crippen molar-refractivity contribution in [3.05, 3.63) is 40.6 Å². The molecule has 88 valence electrons. The van der Waals surface area contributed by atoms with Gasteiger partial charge in [-0.2, -0.15) is 5.26 Å². The van der Waals surface area contributed by atoms with Crippen LogP contribution in [0.2, 0.25) is 5.15 Å². The maximum Gasteiger partial charge on any atom is 0.213 e. The number of imidazole rings is 1. The zero-order valence-electron chi connectivity index (χ0n) is 9.04.